The molecule has 0 aliphatic rings. The number of carbonyl (C=O) groups excluding carboxylic acids is 1. The maximum Gasteiger partial charge on any atom is 0.417 e. The number of aromatic nitrogens is 2. The summed E-state index contributed by atoms with van der Waals surface area (Å²) >= 11 is 5.66. The van der Waals surface area contributed by atoms with Gasteiger partial charge in [0.05, 0.1) is 27.3 Å². The number of benzene rings is 3. The van der Waals surface area contributed by atoms with Crippen molar-refractivity contribution >= 4 is 40.2 Å². The lowest BCUT2D eigenvalue weighted by atomic mass is 10.2. The largest absolute Gasteiger partial charge is 0.417 e. The van der Waals surface area contributed by atoms with Crippen LogP contribution in [0.5, 0.6) is 0 Å². The van der Waals surface area contributed by atoms with Crippen LogP contribution in [0.1, 0.15) is 15.9 Å². The van der Waals surface area contributed by atoms with E-state index in [-0.39, 0.29) is 11.6 Å². The number of hydrogen-bond acceptors (Lipinski definition) is 3. The topological polar surface area (TPSA) is 59.3 Å². The van der Waals surface area contributed by atoms with Gasteiger partial charge in [0.15, 0.2) is 0 Å². The molecule has 0 saturated carbocycles. The molecule has 0 radical (unpaired) electrons. The highest BCUT2D eigenvalue weighted by Gasteiger charge is 2.33. The molecule has 33 heavy (non-hydrogen) atoms. The van der Waals surface area contributed by atoms with Gasteiger partial charge in [0.1, 0.15) is 23.5 Å². The first-order chi connectivity index (χ1) is 15.6. The molecule has 0 atom stereocenters. The van der Waals surface area contributed by atoms with Crippen molar-refractivity contribution in [2.24, 2.45) is 4.99 Å². The molecule has 0 saturated heterocycles. The average molecular weight is 479 g/mol. The van der Waals surface area contributed by atoms with Crippen LogP contribution in [-0.2, 0) is 6.18 Å². The summed E-state index contributed by atoms with van der Waals surface area (Å²) in [6, 6.07) is 12.4. The van der Waals surface area contributed by atoms with Gasteiger partial charge in [0.2, 0.25) is 5.96 Å². The van der Waals surface area contributed by atoms with Crippen LogP contribution >= 0.6 is 11.6 Å². The molecule has 11 heteroatoms. The fourth-order valence-corrected chi connectivity index (χ4v) is 3.30. The van der Waals surface area contributed by atoms with Crippen LogP contribution in [0.2, 0.25) is 5.02 Å². The van der Waals surface area contributed by atoms with E-state index in [0.717, 1.165) is 24.3 Å². The molecule has 168 valence electrons. The predicted octanol–water partition coefficient (Wildman–Crippen LogP) is 5.95. The van der Waals surface area contributed by atoms with Gasteiger partial charge in [-0.05, 0) is 42.5 Å². The Labute approximate surface area is 188 Å². The summed E-state index contributed by atoms with van der Waals surface area (Å²) in [5.41, 5.74) is -1.29. The first-order valence-electron chi connectivity index (χ1n) is 9.28. The molecule has 1 aromatic heterocycles. The highest BCUT2D eigenvalue weighted by atomic mass is 35.5. The number of amides is 1. The Morgan fingerprint density at radius 2 is 1.70 bits per heavy atom. The van der Waals surface area contributed by atoms with Crippen LogP contribution in [0.3, 0.4) is 0 Å². The number of rotatable bonds is 2. The number of fused-ring (bicyclic) bond motifs is 1. The highest BCUT2D eigenvalue weighted by Crippen LogP contribution is 2.36. The number of aliphatic imine (C=N–C) groups is 1. The Morgan fingerprint density at radius 1 is 1.00 bits per heavy atom. The number of alkyl halides is 3. The minimum absolute atomic E-state index is 0.214. The molecule has 0 spiro atoms. The molecule has 4 rings (SSSR count). The summed E-state index contributed by atoms with van der Waals surface area (Å²) in [6.07, 6.45) is -3.48. The van der Waals surface area contributed by atoms with Gasteiger partial charge in [0, 0.05) is 0 Å². The zero-order valence-electron chi connectivity index (χ0n) is 16.4. The van der Waals surface area contributed by atoms with Gasteiger partial charge in [-0.15, -0.1) is 0 Å². The van der Waals surface area contributed by atoms with E-state index < -0.39 is 39.9 Å². The summed E-state index contributed by atoms with van der Waals surface area (Å²) in [5, 5.41) is 1.74. The monoisotopic (exact) mass is 478 g/mol. The number of carbonyl (C=O) groups is 1. The first kappa shape index (κ1) is 22.4. The Bertz CT molecular complexity index is 1380. The first-order valence-corrected chi connectivity index (χ1v) is 9.66. The van der Waals surface area contributed by atoms with Crippen molar-refractivity contribution in [2.75, 3.05) is 0 Å². The van der Waals surface area contributed by atoms with E-state index in [9.17, 15) is 26.7 Å². The van der Waals surface area contributed by atoms with Gasteiger partial charge in [-0.2, -0.15) is 13.2 Å². The molecule has 3 aromatic carbocycles. The number of para-hydroxylation sites is 2. The fourth-order valence-electron chi connectivity index (χ4n) is 3.07. The number of nitrogens with zero attached hydrogens (tertiary/aromatic N) is 3. The number of halogens is 6. The third-order valence-corrected chi connectivity index (χ3v) is 4.92. The van der Waals surface area contributed by atoms with Gasteiger partial charge in [-0.25, -0.2) is 18.8 Å². The Morgan fingerprint density at radius 3 is 2.39 bits per heavy atom. The maximum atomic E-state index is 14.1. The summed E-state index contributed by atoms with van der Waals surface area (Å²) < 4.78 is 69.3. The third kappa shape index (κ3) is 4.56. The number of imidazole rings is 1. The van der Waals surface area contributed by atoms with Gasteiger partial charge < -0.3 is 0 Å². The Kier molecular flexibility index (Phi) is 5.86. The molecule has 4 aromatic rings. The van der Waals surface area contributed by atoms with Crippen molar-refractivity contribution in [3.8, 4) is 0 Å². The average Bonchev–Trinajstić information content (AvgIpc) is 3.18. The second-order valence-corrected chi connectivity index (χ2v) is 7.16. The molecule has 1 amide bonds. The van der Waals surface area contributed by atoms with E-state index in [2.05, 4.69) is 15.3 Å². The van der Waals surface area contributed by atoms with Gasteiger partial charge in [-0.1, -0.05) is 29.8 Å². The summed E-state index contributed by atoms with van der Waals surface area (Å²) in [4.78, 5) is 20.9. The molecule has 0 unspecified atom stereocenters. The minimum atomic E-state index is -4.75. The lowest BCUT2D eigenvalue weighted by Gasteiger charge is -2.13. The smallest absolute Gasteiger partial charge is 0.291 e. The Balaban J connectivity index is 1.85. The van der Waals surface area contributed by atoms with E-state index in [1.54, 1.807) is 24.3 Å². The quantitative estimate of drug-likeness (QED) is 0.220. The molecule has 5 nitrogen and oxygen atoms in total. The molecule has 0 fully saturated rings. The zero-order valence-corrected chi connectivity index (χ0v) is 17.1. The van der Waals surface area contributed by atoms with Gasteiger partial charge in [0.25, 0.3) is 5.91 Å². The fraction of sp³-hybridized carbons (Fsp3) is 0.0455. The summed E-state index contributed by atoms with van der Waals surface area (Å²) in [7, 11) is 0. The van der Waals surface area contributed by atoms with Crippen molar-refractivity contribution in [1.82, 2.24) is 14.9 Å². The van der Waals surface area contributed by atoms with Gasteiger partial charge in [-0.3, -0.25) is 14.7 Å². The van der Waals surface area contributed by atoms with Crippen molar-refractivity contribution in [2.45, 2.75) is 6.18 Å². The van der Waals surface area contributed by atoms with E-state index in [1.165, 1.54) is 17.0 Å². The summed E-state index contributed by atoms with van der Waals surface area (Å²) in [6.45, 7) is 0. The minimum Gasteiger partial charge on any atom is -0.291 e. The molecule has 0 aliphatic carbocycles. The van der Waals surface area contributed by atoms with Crippen molar-refractivity contribution in [3.05, 3.63) is 94.8 Å². The van der Waals surface area contributed by atoms with E-state index in [0.29, 0.717) is 17.1 Å². The van der Waals surface area contributed by atoms with Crippen molar-refractivity contribution in [1.29, 1.82) is 0 Å². The third-order valence-electron chi connectivity index (χ3n) is 4.59. The molecule has 0 bridgehead atoms. The predicted molar refractivity (Wildman–Crippen MR) is 113 cm³/mol. The van der Waals surface area contributed by atoms with Crippen LogP contribution in [0.25, 0.3) is 11.0 Å². The van der Waals surface area contributed by atoms with Crippen LogP contribution in [0, 0.1) is 11.6 Å². The normalized spacial score (nSPS) is 12.2. The van der Waals surface area contributed by atoms with E-state index in [1.807, 2.05) is 0 Å². The van der Waals surface area contributed by atoms with Crippen LogP contribution < -0.4 is 5.32 Å². The molecule has 1 N–H and O–H groups in total. The SMILES string of the molecule is O=C(NC(=Nc1ccc(Cl)c(C(F)(F)F)c1)n1cnc2ccccc21)c1c(F)cccc1F. The van der Waals surface area contributed by atoms with E-state index in [4.69, 9.17) is 11.6 Å². The number of hydrogen-bond donors (Lipinski definition) is 1. The Hall–Kier alpha value is -3.79. The molecular weight excluding hydrogens is 467 g/mol. The zero-order chi connectivity index (χ0) is 23.8. The second kappa shape index (κ2) is 8.62. The number of nitrogens with one attached hydrogen (secondary N) is 1. The van der Waals surface area contributed by atoms with E-state index >= 15 is 0 Å². The van der Waals surface area contributed by atoms with Crippen LogP contribution in [0.4, 0.5) is 27.6 Å². The second-order valence-electron chi connectivity index (χ2n) is 6.75. The van der Waals surface area contributed by atoms with Crippen molar-refractivity contribution in [3.63, 3.8) is 0 Å². The van der Waals surface area contributed by atoms with Gasteiger partial charge >= 0.3 is 6.18 Å². The molecular formula is C22H12ClF5N4O. The lowest BCUT2D eigenvalue weighted by Crippen LogP contribution is -2.36. The summed E-state index contributed by atoms with van der Waals surface area (Å²) in [5.74, 6) is -3.75. The standard InChI is InChI=1S/C22H12ClF5N4O/c23-14-9-8-12(10-13(14)22(26,27)28)30-21(32-11-29-17-6-1-2-7-18(17)32)31-20(33)19-15(24)4-3-5-16(19)25/h1-11H,(H,30,31,33). The maximum absolute atomic E-state index is 14.1. The van der Waals surface area contributed by atoms with Crippen LogP contribution in [-0.4, -0.2) is 21.4 Å². The molecule has 1 heterocycles. The van der Waals surface area contributed by atoms with Crippen LogP contribution in [0.15, 0.2) is 72.0 Å². The highest BCUT2D eigenvalue weighted by molar-refractivity contribution is 6.31. The van der Waals surface area contributed by atoms with Crippen molar-refractivity contribution < 1.29 is 26.7 Å². The lowest BCUT2D eigenvalue weighted by molar-refractivity contribution is -0.137. The molecule has 0 aliphatic heterocycles.